The molecule has 0 unspecified atom stereocenters. The monoisotopic (exact) mass is 229 g/mol. The van der Waals surface area contributed by atoms with E-state index in [4.69, 9.17) is 5.84 Å². The number of hydrogen-bond acceptors (Lipinski definition) is 5. The second kappa shape index (κ2) is 4.80. The Labute approximate surface area is 100 Å². The third-order valence-corrected chi connectivity index (χ3v) is 2.49. The molecule has 5 nitrogen and oxygen atoms in total. The number of hydrogen-bond donors (Lipinski definition) is 2. The molecule has 0 saturated carbocycles. The lowest BCUT2D eigenvalue weighted by Gasteiger charge is -2.12. The first-order valence-electron chi connectivity index (χ1n) is 5.29. The molecule has 1 aromatic carbocycles. The number of aromatic nitrogens is 2. The van der Waals surface area contributed by atoms with Crippen LogP contribution in [0.15, 0.2) is 36.4 Å². The Balaban J connectivity index is 2.26. The summed E-state index contributed by atoms with van der Waals surface area (Å²) in [5, 5.41) is 8.02. The molecule has 1 aromatic heterocycles. The van der Waals surface area contributed by atoms with Gasteiger partial charge in [0.2, 0.25) is 0 Å². The minimum atomic E-state index is 0.554. The van der Waals surface area contributed by atoms with Crippen LogP contribution >= 0.6 is 0 Å². The molecule has 0 atom stereocenters. The average molecular weight is 229 g/mol. The normalized spacial score (nSPS) is 10.1. The first kappa shape index (κ1) is 11.3. The molecule has 0 aliphatic carbocycles. The Morgan fingerprint density at radius 1 is 1.00 bits per heavy atom. The third-order valence-electron chi connectivity index (χ3n) is 2.49. The fraction of sp³-hybridized carbons (Fsp3) is 0.167. The molecule has 0 spiro atoms. The standard InChI is InChI=1S/C12H15N5/c1-17(2)10-5-3-9(4-6-10)11-7-8-12(14-13)16-15-11/h3-8H,13H2,1-2H3,(H,14,16). The number of hydrazine groups is 1. The first-order valence-corrected chi connectivity index (χ1v) is 5.29. The topological polar surface area (TPSA) is 67.1 Å². The first-order chi connectivity index (χ1) is 8.20. The van der Waals surface area contributed by atoms with Crippen molar-refractivity contribution < 1.29 is 0 Å². The number of nitrogens with zero attached hydrogens (tertiary/aromatic N) is 3. The fourth-order valence-corrected chi connectivity index (χ4v) is 1.49. The SMILES string of the molecule is CN(C)c1ccc(-c2ccc(NN)nn2)cc1. The smallest absolute Gasteiger partial charge is 0.162 e. The second-order valence-corrected chi connectivity index (χ2v) is 3.89. The molecule has 0 aliphatic rings. The molecule has 17 heavy (non-hydrogen) atoms. The zero-order valence-electron chi connectivity index (χ0n) is 9.88. The van der Waals surface area contributed by atoms with Crippen LogP contribution in [-0.2, 0) is 0 Å². The predicted molar refractivity (Wildman–Crippen MR) is 69.6 cm³/mol. The summed E-state index contributed by atoms with van der Waals surface area (Å²) in [6.07, 6.45) is 0. The van der Waals surface area contributed by atoms with E-state index in [1.807, 2.05) is 44.4 Å². The predicted octanol–water partition coefficient (Wildman–Crippen LogP) is 1.50. The van der Waals surface area contributed by atoms with Gasteiger partial charge in [-0.05, 0) is 24.3 Å². The molecular weight excluding hydrogens is 214 g/mol. The largest absolute Gasteiger partial charge is 0.378 e. The number of nitrogen functional groups attached to an aromatic ring is 1. The molecular formula is C12H15N5. The zero-order chi connectivity index (χ0) is 12.3. The van der Waals surface area contributed by atoms with Crippen LogP contribution in [0.4, 0.5) is 11.5 Å². The van der Waals surface area contributed by atoms with E-state index < -0.39 is 0 Å². The van der Waals surface area contributed by atoms with E-state index in [2.05, 4.69) is 20.5 Å². The van der Waals surface area contributed by atoms with E-state index >= 15 is 0 Å². The highest BCUT2D eigenvalue weighted by Crippen LogP contribution is 2.20. The molecule has 2 rings (SSSR count). The summed E-state index contributed by atoms with van der Waals surface area (Å²) in [5.41, 5.74) is 5.47. The highest BCUT2D eigenvalue weighted by Gasteiger charge is 2.01. The Morgan fingerprint density at radius 3 is 2.18 bits per heavy atom. The van der Waals surface area contributed by atoms with Gasteiger partial charge in [-0.1, -0.05) is 12.1 Å². The number of benzene rings is 1. The molecule has 5 heteroatoms. The van der Waals surface area contributed by atoms with Gasteiger partial charge in [-0.3, -0.25) is 0 Å². The molecule has 0 amide bonds. The lowest BCUT2D eigenvalue weighted by atomic mass is 10.1. The van der Waals surface area contributed by atoms with Gasteiger partial charge < -0.3 is 10.3 Å². The number of rotatable bonds is 3. The van der Waals surface area contributed by atoms with E-state index in [-0.39, 0.29) is 0 Å². The summed E-state index contributed by atoms with van der Waals surface area (Å²) in [7, 11) is 4.02. The second-order valence-electron chi connectivity index (χ2n) is 3.89. The van der Waals surface area contributed by atoms with Crippen molar-refractivity contribution in [2.75, 3.05) is 24.4 Å². The summed E-state index contributed by atoms with van der Waals surface area (Å²) < 4.78 is 0. The summed E-state index contributed by atoms with van der Waals surface area (Å²) in [6.45, 7) is 0. The van der Waals surface area contributed by atoms with Gasteiger partial charge in [0.1, 0.15) is 0 Å². The van der Waals surface area contributed by atoms with Crippen LogP contribution in [0, 0.1) is 0 Å². The van der Waals surface area contributed by atoms with Crippen LogP contribution in [0.5, 0.6) is 0 Å². The zero-order valence-corrected chi connectivity index (χ0v) is 9.88. The van der Waals surface area contributed by atoms with Crippen molar-refractivity contribution in [2.45, 2.75) is 0 Å². The van der Waals surface area contributed by atoms with Crippen molar-refractivity contribution in [2.24, 2.45) is 5.84 Å². The molecule has 0 aliphatic heterocycles. The van der Waals surface area contributed by atoms with Crippen molar-refractivity contribution in [3.8, 4) is 11.3 Å². The van der Waals surface area contributed by atoms with Crippen LogP contribution < -0.4 is 16.2 Å². The number of anilines is 2. The lowest BCUT2D eigenvalue weighted by molar-refractivity contribution is 1.03. The Bertz CT molecular complexity index is 475. The van der Waals surface area contributed by atoms with Gasteiger partial charge in [-0.15, -0.1) is 10.2 Å². The Morgan fingerprint density at radius 2 is 1.71 bits per heavy atom. The Hall–Kier alpha value is -2.14. The van der Waals surface area contributed by atoms with Crippen LogP contribution in [-0.4, -0.2) is 24.3 Å². The van der Waals surface area contributed by atoms with Gasteiger partial charge in [-0.2, -0.15) is 0 Å². The van der Waals surface area contributed by atoms with Crippen LogP contribution in [0.1, 0.15) is 0 Å². The van der Waals surface area contributed by atoms with Gasteiger partial charge in [0, 0.05) is 25.3 Å². The van der Waals surface area contributed by atoms with E-state index in [1.54, 1.807) is 6.07 Å². The third kappa shape index (κ3) is 2.51. The van der Waals surface area contributed by atoms with Crippen LogP contribution in [0.3, 0.4) is 0 Å². The van der Waals surface area contributed by atoms with Crippen LogP contribution in [0.2, 0.25) is 0 Å². The summed E-state index contributed by atoms with van der Waals surface area (Å²) in [5.74, 6) is 5.79. The maximum absolute atomic E-state index is 5.23. The maximum Gasteiger partial charge on any atom is 0.162 e. The van der Waals surface area contributed by atoms with Crippen molar-refractivity contribution in [1.82, 2.24) is 10.2 Å². The molecule has 0 fully saturated rings. The van der Waals surface area contributed by atoms with E-state index in [0.717, 1.165) is 16.9 Å². The minimum absolute atomic E-state index is 0.554. The summed E-state index contributed by atoms with van der Waals surface area (Å²) in [4.78, 5) is 2.05. The number of nitrogens with two attached hydrogens (primary N) is 1. The molecule has 0 bridgehead atoms. The fourth-order valence-electron chi connectivity index (χ4n) is 1.49. The van der Waals surface area contributed by atoms with Crippen molar-refractivity contribution in [3.63, 3.8) is 0 Å². The molecule has 88 valence electrons. The van der Waals surface area contributed by atoms with Gasteiger partial charge in [0.25, 0.3) is 0 Å². The quantitative estimate of drug-likeness (QED) is 0.616. The maximum atomic E-state index is 5.23. The van der Waals surface area contributed by atoms with Gasteiger partial charge in [0.15, 0.2) is 5.82 Å². The van der Waals surface area contributed by atoms with Gasteiger partial charge in [0.05, 0.1) is 5.69 Å². The molecule has 0 radical (unpaired) electrons. The molecule has 1 heterocycles. The summed E-state index contributed by atoms with van der Waals surface area (Å²) >= 11 is 0. The van der Waals surface area contributed by atoms with Crippen molar-refractivity contribution in [3.05, 3.63) is 36.4 Å². The molecule has 3 N–H and O–H groups in total. The highest BCUT2D eigenvalue weighted by molar-refractivity contribution is 5.63. The van der Waals surface area contributed by atoms with E-state index in [1.165, 1.54) is 0 Å². The van der Waals surface area contributed by atoms with Crippen molar-refractivity contribution in [1.29, 1.82) is 0 Å². The minimum Gasteiger partial charge on any atom is -0.378 e. The van der Waals surface area contributed by atoms with Gasteiger partial charge in [-0.25, -0.2) is 5.84 Å². The van der Waals surface area contributed by atoms with Gasteiger partial charge >= 0.3 is 0 Å². The average Bonchev–Trinajstić information content (AvgIpc) is 2.39. The van der Waals surface area contributed by atoms with E-state index in [0.29, 0.717) is 5.82 Å². The van der Waals surface area contributed by atoms with Crippen molar-refractivity contribution >= 4 is 11.5 Å². The molecule has 2 aromatic rings. The Kier molecular flexibility index (Phi) is 3.20. The van der Waals surface area contributed by atoms with E-state index in [9.17, 15) is 0 Å². The molecule has 0 saturated heterocycles. The highest BCUT2D eigenvalue weighted by atomic mass is 15.3. The number of nitrogens with one attached hydrogen (secondary N) is 1. The summed E-state index contributed by atoms with van der Waals surface area (Å²) in [6, 6.07) is 11.8. The van der Waals surface area contributed by atoms with Crippen LogP contribution in [0.25, 0.3) is 11.3 Å². The lowest BCUT2D eigenvalue weighted by Crippen LogP contribution is -2.09.